The number of nitrogens with one attached hydrogen (secondary N) is 1. The summed E-state index contributed by atoms with van der Waals surface area (Å²) in [7, 11) is 0. The lowest BCUT2D eigenvalue weighted by molar-refractivity contribution is 0.232. The third-order valence-corrected chi connectivity index (χ3v) is 2.35. The van der Waals surface area contributed by atoms with Gasteiger partial charge in [0.2, 0.25) is 5.96 Å². The highest BCUT2D eigenvalue weighted by atomic mass is 32.2. The number of nitrogens with two attached hydrogens (primary N) is 1. The maximum Gasteiger partial charge on any atom is 0.212 e. The molecule has 0 aliphatic heterocycles. The van der Waals surface area contributed by atoms with E-state index in [9.17, 15) is 0 Å². The Kier molecular flexibility index (Phi) is 9.35. The lowest BCUT2D eigenvalue weighted by Gasteiger charge is -1.99. The summed E-state index contributed by atoms with van der Waals surface area (Å²) < 4.78 is 0. The lowest BCUT2D eigenvalue weighted by atomic mass is 10.2. The zero-order valence-electron chi connectivity index (χ0n) is 8.12. The van der Waals surface area contributed by atoms with E-state index in [1.807, 2.05) is 11.8 Å². The normalized spacial score (nSPS) is 11.7. The summed E-state index contributed by atoms with van der Waals surface area (Å²) in [6, 6.07) is 0. The third kappa shape index (κ3) is 9.49. The molecule has 0 saturated carbocycles. The van der Waals surface area contributed by atoms with Gasteiger partial charge in [0.1, 0.15) is 0 Å². The van der Waals surface area contributed by atoms with Crippen LogP contribution in [0.3, 0.4) is 0 Å². The lowest BCUT2D eigenvalue weighted by Crippen LogP contribution is -2.28. The van der Waals surface area contributed by atoms with Crippen molar-refractivity contribution in [3.63, 3.8) is 0 Å². The highest BCUT2D eigenvalue weighted by Gasteiger charge is 1.90. The van der Waals surface area contributed by atoms with Crippen LogP contribution in [0.1, 0.15) is 25.7 Å². The van der Waals surface area contributed by atoms with Crippen LogP contribution in [0.2, 0.25) is 0 Å². The first-order valence-corrected chi connectivity index (χ1v) is 5.89. The molecule has 0 rings (SSSR count). The van der Waals surface area contributed by atoms with E-state index in [1.165, 1.54) is 25.0 Å². The van der Waals surface area contributed by atoms with Crippen LogP contribution in [0, 0.1) is 0 Å². The molecule has 0 radical (unpaired) electrons. The zero-order valence-corrected chi connectivity index (χ0v) is 8.94. The summed E-state index contributed by atoms with van der Waals surface area (Å²) in [5, 5.41) is 8.30. The molecule has 0 aromatic carbocycles. The Hall–Kier alpha value is -0.420. The van der Waals surface area contributed by atoms with Gasteiger partial charge in [-0.25, -0.2) is 5.48 Å². The molecular weight excluding hydrogens is 186 g/mol. The molecular formula is C8H19N3OS. The summed E-state index contributed by atoms with van der Waals surface area (Å²) in [6.07, 6.45) is 6.87. The van der Waals surface area contributed by atoms with Crippen molar-refractivity contribution in [2.75, 3.05) is 18.6 Å². The first-order chi connectivity index (χ1) is 6.31. The van der Waals surface area contributed by atoms with E-state index in [4.69, 9.17) is 10.9 Å². The molecule has 0 heterocycles. The minimum atomic E-state index is 0.101. The number of unbranched alkanes of at least 4 members (excludes halogenated alkanes) is 3. The van der Waals surface area contributed by atoms with E-state index in [2.05, 4.69) is 11.2 Å². The quantitative estimate of drug-likeness (QED) is 0.253. The molecule has 0 aromatic rings. The van der Waals surface area contributed by atoms with Crippen molar-refractivity contribution in [1.82, 2.24) is 5.48 Å². The van der Waals surface area contributed by atoms with Crippen molar-refractivity contribution in [1.29, 1.82) is 0 Å². The average Bonchev–Trinajstić information content (AvgIpc) is 2.16. The van der Waals surface area contributed by atoms with Crippen LogP contribution in [-0.4, -0.2) is 29.7 Å². The Morgan fingerprint density at radius 1 is 1.38 bits per heavy atom. The third-order valence-electron chi connectivity index (χ3n) is 1.65. The maximum atomic E-state index is 8.30. The highest BCUT2D eigenvalue weighted by molar-refractivity contribution is 7.98. The van der Waals surface area contributed by atoms with Crippen LogP contribution in [0.5, 0.6) is 0 Å². The summed E-state index contributed by atoms with van der Waals surface area (Å²) in [5.41, 5.74) is 7.02. The molecule has 4 N–H and O–H groups in total. The Morgan fingerprint density at radius 2 is 2.08 bits per heavy atom. The van der Waals surface area contributed by atoms with Crippen molar-refractivity contribution >= 4 is 17.7 Å². The first-order valence-electron chi connectivity index (χ1n) is 4.50. The van der Waals surface area contributed by atoms with E-state index in [0.717, 1.165) is 6.42 Å². The van der Waals surface area contributed by atoms with Crippen LogP contribution < -0.4 is 11.2 Å². The van der Waals surface area contributed by atoms with Gasteiger partial charge in [-0.2, -0.15) is 11.8 Å². The second-order valence-corrected chi connectivity index (χ2v) is 3.77. The van der Waals surface area contributed by atoms with E-state index < -0.39 is 0 Å². The Labute approximate surface area is 84.0 Å². The molecule has 4 nitrogen and oxygen atoms in total. The molecule has 0 spiro atoms. The number of rotatable bonds is 7. The Balaban J connectivity index is 3.08. The number of hydrogen-bond acceptors (Lipinski definition) is 3. The maximum absolute atomic E-state index is 8.30. The fourth-order valence-corrected chi connectivity index (χ4v) is 1.44. The van der Waals surface area contributed by atoms with Gasteiger partial charge in [-0.1, -0.05) is 12.8 Å². The molecule has 0 unspecified atom stereocenters. The largest absolute Gasteiger partial charge is 0.368 e. The van der Waals surface area contributed by atoms with Gasteiger partial charge in [-0.05, 0) is 24.9 Å². The summed E-state index contributed by atoms with van der Waals surface area (Å²) in [4.78, 5) is 3.89. The molecule has 13 heavy (non-hydrogen) atoms. The molecule has 0 atom stereocenters. The monoisotopic (exact) mass is 205 g/mol. The first kappa shape index (κ1) is 12.6. The second-order valence-electron chi connectivity index (χ2n) is 2.79. The van der Waals surface area contributed by atoms with E-state index in [-0.39, 0.29) is 5.96 Å². The predicted molar refractivity (Wildman–Crippen MR) is 58.3 cm³/mol. The van der Waals surface area contributed by atoms with Gasteiger partial charge in [-0.15, -0.1) is 0 Å². The Bertz CT molecular complexity index is 141. The second kappa shape index (κ2) is 9.67. The van der Waals surface area contributed by atoms with Gasteiger partial charge in [0.25, 0.3) is 0 Å². The minimum absolute atomic E-state index is 0.101. The standard InChI is InChI=1S/C8H19N3OS/c1-13-7-5-3-2-4-6-10-8(9)11-12/h12H,2-7H2,1H3,(H3,9,10,11). The van der Waals surface area contributed by atoms with E-state index in [1.54, 1.807) is 5.48 Å². The molecule has 0 amide bonds. The van der Waals surface area contributed by atoms with Crippen LogP contribution in [-0.2, 0) is 0 Å². The van der Waals surface area contributed by atoms with Crippen molar-refractivity contribution in [2.45, 2.75) is 25.7 Å². The fraction of sp³-hybridized carbons (Fsp3) is 0.875. The van der Waals surface area contributed by atoms with Crippen LogP contribution in [0.15, 0.2) is 4.99 Å². The molecule has 78 valence electrons. The molecule has 0 aromatic heterocycles. The van der Waals surface area contributed by atoms with E-state index >= 15 is 0 Å². The van der Waals surface area contributed by atoms with Crippen molar-refractivity contribution in [3.8, 4) is 0 Å². The molecule has 0 saturated heterocycles. The Morgan fingerprint density at radius 3 is 2.69 bits per heavy atom. The molecule has 0 bridgehead atoms. The topological polar surface area (TPSA) is 70.6 Å². The number of guanidine groups is 1. The van der Waals surface area contributed by atoms with Gasteiger partial charge in [0, 0.05) is 6.54 Å². The number of nitrogens with zero attached hydrogens (tertiary/aromatic N) is 1. The molecule has 0 fully saturated rings. The van der Waals surface area contributed by atoms with Crippen molar-refractivity contribution < 1.29 is 5.21 Å². The van der Waals surface area contributed by atoms with Gasteiger partial charge in [0.05, 0.1) is 0 Å². The SMILES string of the molecule is CSCCCCCCN=C(N)NO. The number of hydroxylamine groups is 1. The summed E-state index contributed by atoms with van der Waals surface area (Å²) in [6.45, 7) is 0.693. The zero-order chi connectivity index (χ0) is 9.94. The summed E-state index contributed by atoms with van der Waals surface area (Å²) >= 11 is 1.88. The predicted octanol–water partition coefficient (Wildman–Crippen LogP) is 1.20. The molecule has 5 heteroatoms. The van der Waals surface area contributed by atoms with Gasteiger partial charge >= 0.3 is 0 Å². The highest BCUT2D eigenvalue weighted by Crippen LogP contribution is 2.04. The minimum Gasteiger partial charge on any atom is -0.368 e. The van der Waals surface area contributed by atoms with E-state index in [0.29, 0.717) is 6.54 Å². The van der Waals surface area contributed by atoms with Gasteiger partial charge < -0.3 is 5.73 Å². The van der Waals surface area contributed by atoms with Crippen LogP contribution >= 0.6 is 11.8 Å². The fourth-order valence-electron chi connectivity index (χ4n) is 0.947. The molecule has 0 aliphatic rings. The smallest absolute Gasteiger partial charge is 0.212 e. The number of hydrogen-bond donors (Lipinski definition) is 3. The van der Waals surface area contributed by atoms with Gasteiger partial charge in [-0.3, -0.25) is 10.2 Å². The summed E-state index contributed by atoms with van der Waals surface area (Å²) in [5.74, 6) is 1.34. The van der Waals surface area contributed by atoms with Crippen molar-refractivity contribution in [2.24, 2.45) is 10.7 Å². The number of thioether (sulfide) groups is 1. The van der Waals surface area contributed by atoms with Crippen molar-refractivity contribution in [3.05, 3.63) is 0 Å². The number of aliphatic imine (C=N–C) groups is 1. The van der Waals surface area contributed by atoms with Crippen LogP contribution in [0.4, 0.5) is 0 Å². The van der Waals surface area contributed by atoms with Crippen LogP contribution in [0.25, 0.3) is 0 Å². The van der Waals surface area contributed by atoms with Gasteiger partial charge in [0.15, 0.2) is 0 Å². The molecule has 0 aliphatic carbocycles. The average molecular weight is 205 g/mol.